The zero-order chi connectivity index (χ0) is 8.97. The van der Waals surface area contributed by atoms with E-state index in [-0.39, 0.29) is 0 Å². The molecule has 0 atom stereocenters. The lowest BCUT2D eigenvalue weighted by Crippen LogP contribution is -1.85. The molecule has 0 spiro atoms. The zero-order valence-electron chi connectivity index (χ0n) is 6.48. The van der Waals surface area contributed by atoms with Gasteiger partial charge in [-0.25, -0.2) is 0 Å². The van der Waals surface area contributed by atoms with Gasteiger partial charge in [-0.15, -0.1) is 4.36 Å². The maximum absolute atomic E-state index is 10.2. The number of benzene rings is 1. The van der Waals surface area contributed by atoms with Crippen LogP contribution in [0.2, 0.25) is 0 Å². The van der Waals surface area contributed by atoms with Crippen molar-refractivity contribution >= 4 is 21.9 Å². The molecule has 0 aliphatic rings. The van der Waals surface area contributed by atoms with Crippen molar-refractivity contribution < 1.29 is 8.42 Å². The van der Waals surface area contributed by atoms with Gasteiger partial charge in [-0.2, -0.15) is 8.42 Å². The molecule has 1 N–H and O–H groups in total. The summed E-state index contributed by atoms with van der Waals surface area (Å²) in [5.74, 6) is 0. The van der Waals surface area contributed by atoms with Gasteiger partial charge in [0, 0.05) is 12.7 Å². The zero-order valence-corrected chi connectivity index (χ0v) is 7.30. The fourth-order valence-corrected chi connectivity index (χ4v) is 1.09. The lowest BCUT2D eigenvalue weighted by molar-refractivity contribution is 0.622. The smallest absolute Gasteiger partial charge is 0.316 e. The third-order valence-corrected chi connectivity index (χ3v) is 1.67. The van der Waals surface area contributed by atoms with E-state index in [1.807, 2.05) is 6.07 Å². The van der Waals surface area contributed by atoms with E-state index in [1.165, 1.54) is 0 Å². The molecular weight excluding hydrogens is 176 g/mol. The highest BCUT2D eigenvalue weighted by molar-refractivity contribution is 7.61. The average Bonchev–Trinajstić information content (AvgIpc) is 2.03. The van der Waals surface area contributed by atoms with Crippen molar-refractivity contribution in [3.8, 4) is 0 Å². The Morgan fingerprint density at radius 2 is 2.17 bits per heavy atom. The Labute approximate surface area is 71.9 Å². The largest absolute Gasteiger partial charge is 0.388 e. The van der Waals surface area contributed by atoms with Gasteiger partial charge in [0.2, 0.25) is 0 Å². The predicted molar refractivity (Wildman–Crippen MR) is 47.0 cm³/mol. The summed E-state index contributed by atoms with van der Waals surface area (Å²) < 4.78 is 23.7. The minimum Gasteiger partial charge on any atom is -0.388 e. The summed E-state index contributed by atoms with van der Waals surface area (Å²) in [7, 11) is -0.622. The topological polar surface area (TPSA) is 58.5 Å². The van der Waals surface area contributed by atoms with Crippen molar-refractivity contribution in [2.45, 2.75) is 0 Å². The number of nitrogens with zero attached hydrogens (tertiary/aromatic N) is 1. The summed E-state index contributed by atoms with van der Waals surface area (Å²) in [6.45, 7) is 0. The number of rotatable bonds is 2. The molecule has 0 aromatic heterocycles. The van der Waals surface area contributed by atoms with Crippen LogP contribution in [0, 0.1) is 0 Å². The molecule has 12 heavy (non-hydrogen) atoms. The molecule has 0 aliphatic carbocycles. The van der Waals surface area contributed by atoms with Gasteiger partial charge >= 0.3 is 10.5 Å². The molecule has 0 saturated carbocycles. The first-order chi connectivity index (χ1) is 5.72. The lowest BCUT2D eigenvalue weighted by atomic mass is 10.3. The normalized spacial score (nSPS) is 9.08. The van der Waals surface area contributed by atoms with E-state index in [0.717, 1.165) is 5.69 Å². The predicted octanol–water partition coefficient (Wildman–Crippen LogP) is 1.42. The first-order valence-electron chi connectivity index (χ1n) is 3.31. The van der Waals surface area contributed by atoms with Crippen molar-refractivity contribution in [3.63, 3.8) is 0 Å². The highest BCUT2D eigenvalue weighted by Crippen LogP contribution is 2.16. The van der Waals surface area contributed by atoms with Crippen molar-refractivity contribution in [1.82, 2.24) is 0 Å². The highest BCUT2D eigenvalue weighted by Gasteiger charge is 1.90. The van der Waals surface area contributed by atoms with Gasteiger partial charge in [-0.3, -0.25) is 0 Å². The Balaban J connectivity index is 3.10. The standard InChI is InChI=1S/C7H8N2O2S/c1-8-6-3-2-4-7(5-6)9-12(10)11/h2-5,8H,1H3. The third-order valence-electron chi connectivity index (χ3n) is 1.31. The number of hydrogen-bond acceptors (Lipinski definition) is 4. The Bertz CT molecular complexity index is 390. The second-order valence-corrected chi connectivity index (χ2v) is 2.73. The van der Waals surface area contributed by atoms with Gasteiger partial charge in [0.25, 0.3) is 0 Å². The van der Waals surface area contributed by atoms with Crippen LogP contribution >= 0.6 is 0 Å². The molecule has 0 saturated heterocycles. The second kappa shape index (κ2) is 3.87. The summed E-state index contributed by atoms with van der Waals surface area (Å²) in [5, 5.41) is 2.88. The fourth-order valence-electron chi connectivity index (χ4n) is 0.804. The van der Waals surface area contributed by atoms with Gasteiger partial charge in [0.1, 0.15) is 0 Å². The number of hydrogen-bond donors (Lipinski definition) is 1. The van der Waals surface area contributed by atoms with Gasteiger partial charge < -0.3 is 5.32 Å². The molecule has 0 bridgehead atoms. The summed E-state index contributed by atoms with van der Waals surface area (Å²) in [4.78, 5) is 0. The van der Waals surface area contributed by atoms with Crippen LogP contribution in [0.3, 0.4) is 0 Å². The molecule has 1 rings (SSSR count). The minimum atomic E-state index is -2.38. The second-order valence-electron chi connectivity index (χ2n) is 2.11. The molecular formula is C7H8N2O2S. The van der Waals surface area contributed by atoms with E-state index in [0.29, 0.717) is 5.69 Å². The Morgan fingerprint density at radius 1 is 1.42 bits per heavy atom. The molecule has 5 heteroatoms. The van der Waals surface area contributed by atoms with Crippen molar-refractivity contribution in [2.24, 2.45) is 4.36 Å². The van der Waals surface area contributed by atoms with Gasteiger partial charge in [0.15, 0.2) is 0 Å². The minimum absolute atomic E-state index is 0.426. The molecule has 0 fully saturated rings. The quantitative estimate of drug-likeness (QED) is 0.756. The summed E-state index contributed by atoms with van der Waals surface area (Å²) >= 11 is 0. The van der Waals surface area contributed by atoms with E-state index in [4.69, 9.17) is 0 Å². The monoisotopic (exact) mass is 184 g/mol. The molecule has 1 aromatic carbocycles. The summed E-state index contributed by atoms with van der Waals surface area (Å²) in [6, 6.07) is 6.83. The summed E-state index contributed by atoms with van der Waals surface area (Å²) in [6.07, 6.45) is 0. The van der Waals surface area contributed by atoms with Crippen molar-refractivity contribution in [1.29, 1.82) is 0 Å². The summed E-state index contributed by atoms with van der Waals surface area (Å²) in [5.41, 5.74) is 1.26. The molecule has 0 aliphatic heterocycles. The molecule has 4 nitrogen and oxygen atoms in total. The molecule has 0 amide bonds. The Morgan fingerprint density at radius 3 is 2.75 bits per heavy atom. The van der Waals surface area contributed by atoms with Crippen LogP contribution in [0.4, 0.5) is 11.4 Å². The van der Waals surface area contributed by atoms with E-state index in [1.54, 1.807) is 25.2 Å². The van der Waals surface area contributed by atoms with Gasteiger partial charge in [-0.05, 0) is 18.2 Å². The first kappa shape index (κ1) is 8.73. The maximum atomic E-state index is 10.2. The van der Waals surface area contributed by atoms with Crippen LogP contribution in [0.5, 0.6) is 0 Å². The Kier molecular flexibility index (Phi) is 2.82. The Hall–Kier alpha value is -1.36. The van der Waals surface area contributed by atoms with Crippen molar-refractivity contribution in [3.05, 3.63) is 24.3 Å². The average molecular weight is 184 g/mol. The number of anilines is 1. The van der Waals surface area contributed by atoms with Crippen LogP contribution in [0.15, 0.2) is 28.6 Å². The fraction of sp³-hybridized carbons (Fsp3) is 0.143. The SMILES string of the molecule is CNc1cccc(N=S(=O)=O)c1. The van der Waals surface area contributed by atoms with E-state index in [9.17, 15) is 8.42 Å². The van der Waals surface area contributed by atoms with Crippen LogP contribution in [0.25, 0.3) is 0 Å². The van der Waals surface area contributed by atoms with E-state index >= 15 is 0 Å². The maximum Gasteiger partial charge on any atom is 0.316 e. The molecule has 1 aromatic rings. The van der Waals surface area contributed by atoms with Gasteiger partial charge in [0.05, 0.1) is 5.69 Å². The third kappa shape index (κ3) is 2.35. The van der Waals surface area contributed by atoms with Crippen LogP contribution in [0.1, 0.15) is 0 Å². The van der Waals surface area contributed by atoms with Crippen molar-refractivity contribution in [2.75, 3.05) is 12.4 Å². The first-order valence-corrected chi connectivity index (χ1v) is 4.34. The molecule has 0 unspecified atom stereocenters. The van der Waals surface area contributed by atoms with Gasteiger partial charge in [-0.1, -0.05) is 6.07 Å². The number of nitrogens with one attached hydrogen (secondary N) is 1. The highest BCUT2D eigenvalue weighted by atomic mass is 32.2. The van der Waals surface area contributed by atoms with E-state index < -0.39 is 10.5 Å². The van der Waals surface area contributed by atoms with Crippen LogP contribution < -0.4 is 5.32 Å². The molecule has 0 heterocycles. The molecule has 0 radical (unpaired) electrons. The van der Waals surface area contributed by atoms with Crippen LogP contribution in [-0.2, 0) is 10.5 Å². The van der Waals surface area contributed by atoms with Crippen LogP contribution in [-0.4, -0.2) is 15.5 Å². The van der Waals surface area contributed by atoms with E-state index in [2.05, 4.69) is 9.68 Å². The molecule has 64 valence electrons. The lowest BCUT2D eigenvalue weighted by Gasteiger charge is -1.97.